The van der Waals surface area contributed by atoms with Crippen molar-refractivity contribution in [3.63, 3.8) is 0 Å². The summed E-state index contributed by atoms with van der Waals surface area (Å²) in [4.78, 5) is 13.4. The zero-order valence-electron chi connectivity index (χ0n) is 6.28. The Hall–Kier alpha value is 0.0200. The van der Waals surface area contributed by atoms with Crippen molar-refractivity contribution in [1.82, 2.24) is 4.98 Å². The van der Waals surface area contributed by atoms with E-state index >= 15 is 0 Å². The Labute approximate surface area is 95.0 Å². The van der Waals surface area contributed by atoms with Gasteiger partial charge in [0.2, 0.25) is 0 Å². The summed E-state index contributed by atoms with van der Waals surface area (Å²) >= 11 is 5.04. The zero-order valence-corrected chi connectivity index (χ0v) is 10.0. The number of nitrogens with one attached hydrogen (secondary N) is 1. The van der Waals surface area contributed by atoms with Gasteiger partial charge in [-0.05, 0) is 28.7 Å². The van der Waals surface area contributed by atoms with Crippen LogP contribution in [0.25, 0.3) is 0 Å². The fourth-order valence-corrected chi connectivity index (χ4v) is 2.44. The van der Waals surface area contributed by atoms with Gasteiger partial charge in [-0.2, -0.15) is 0 Å². The maximum absolute atomic E-state index is 12.2. The SMILES string of the molecule is O=c1[nH]c(CBr)c(I)cc1C(F)F. The lowest BCUT2D eigenvalue weighted by molar-refractivity contribution is 0.149. The summed E-state index contributed by atoms with van der Waals surface area (Å²) in [5.74, 6) is 0. The molecule has 1 rings (SSSR count). The van der Waals surface area contributed by atoms with Crippen molar-refractivity contribution in [1.29, 1.82) is 0 Å². The van der Waals surface area contributed by atoms with Crippen LogP contribution >= 0.6 is 38.5 Å². The molecule has 0 unspecified atom stereocenters. The number of aromatic nitrogens is 1. The zero-order chi connectivity index (χ0) is 10.0. The molecule has 2 nitrogen and oxygen atoms in total. The molecule has 0 saturated carbocycles. The highest BCUT2D eigenvalue weighted by Gasteiger charge is 2.14. The molecule has 0 aromatic carbocycles. The molecule has 0 atom stereocenters. The molecule has 0 fully saturated rings. The van der Waals surface area contributed by atoms with Gasteiger partial charge >= 0.3 is 0 Å². The fraction of sp³-hybridized carbons (Fsp3) is 0.286. The van der Waals surface area contributed by atoms with Gasteiger partial charge in [-0.15, -0.1) is 0 Å². The van der Waals surface area contributed by atoms with Crippen LogP contribution in [0.15, 0.2) is 10.9 Å². The predicted molar refractivity (Wildman–Crippen MR) is 57.4 cm³/mol. The number of H-pyrrole nitrogens is 1. The topological polar surface area (TPSA) is 32.9 Å². The summed E-state index contributed by atoms with van der Waals surface area (Å²) < 4.78 is 25.0. The van der Waals surface area contributed by atoms with Gasteiger partial charge in [0, 0.05) is 14.6 Å². The minimum absolute atomic E-state index is 0.448. The minimum atomic E-state index is -2.72. The summed E-state index contributed by atoms with van der Waals surface area (Å²) in [6, 6.07) is 1.21. The van der Waals surface area contributed by atoms with Gasteiger partial charge in [-0.3, -0.25) is 4.79 Å². The summed E-state index contributed by atoms with van der Waals surface area (Å²) in [7, 11) is 0. The second kappa shape index (κ2) is 4.50. The van der Waals surface area contributed by atoms with E-state index in [1.807, 2.05) is 22.6 Å². The monoisotopic (exact) mass is 363 g/mol. The van der Waals surface area contributed by atoms with Gasteiger partial charge in [0.15, 0.2) is 0 Å². The molecular weight excluding hydrogens is 359 g/mol. The van der Waals surface area contributed by atoms with Crippen LogP contribution in [0.1, 0.15) is 17.7 Å². The van der Waals surface area contributed by atoms with Crippen molar-refractivity contribution in [2.75, 3.05) is 0 Å². The molecule has 1 aromatic rings. The first kappa shape index (κ1) is 11.1. The number of hydrogen-bond acceptors (Lipinski definition) is 1. The van der Waals surface area contributed by atoms with Crippen LogP contribution in [0.3, 0.4) is 0 Å². The van der Waals surface area contributed by atoms with E-state index in [9.17, 15) is 13.6 Å². The Morgan fingerprint density at radius 1 is 1.62 bits per heavy atom. The molecule has 1 N–H and O–H groups in total. The van der Waals surface area contributed by atoms with E-state index in [4.69, 9.17) is 0 Å². The molecule has 0 spiro atoms. The maximum atomic E-state index is 12.2. The molecule has 1 heterocycles. The van der Waals surface area contributed by atoms with Gasteiger partial charge < -0.3 is 4.98 Å². The first-order valence-corrected chi connectivity index (χ1v) is 5.52. The van der Waals surface area contributed by atoms with Crippen LogP contribution in [0.4, 0.5) is 8.78 Å². The third-order valence-electron chi connectivity index (χ3n) is 1.47. The second-order valence-electron chi connectivity index (χ2n) is 2.31. The van der Waals surface area contributed by atoms with Gasteiger partial charge in [-0.25, -0.2) is 8.78 Å². The van der Waals surface area contributed by atoms with Crippen LogP contribution in [-0.4, -0.2) is 4.98 Å². The average Bonchev–Trinajstić information content (AvgIpc) is 2.07. The van der Waals surface area contributed by atoms with E-state index in [0.717, 1.165) is 0 Å². The maximum Gasteiger partial charge on any atom is 0.269 e. The number of halogens is 4. The third kappa shape index (κ3) is 2.49. The first-order chi connectivity index (χ1) is 6.06. The summed E-state index contributed by atoms with van der Waals surface area (Å²) in [6.07, 6.45) is -2.72. The summed E-state index contributed by atoms with van der Waals surface area (Å²) in [5.41, 5.74) is -0.575. The molecule has 0 bridgehead atoms. The van der Waals surface area contributed by atoms with Crippen molar-refractivity contribution < 1.29 is 8.78 Å². The Bertz CT molecular complexity index is 366. The molecule has 72 valence electrons. The lowest BCUT2D eigenvalue weighted by Crippen LogP contribution is -2.15. The van der Waals surface area contributed by atoms with Crippen molar-refractivity contribution in [3.05, 3.63) is 31.2 Å². The average molecular weight is 364 g/mol. The molecule has 0 aliphatic carbocycles. The van der Waals surface area contributed by atoms with E-state index in [1.165, 1.54) is 6.07 Å². The van der Waals surface area contributed by atoms with E-state index < -0.39 is 17.5 Å². The number of hydrogen-bond donors (Lipinski definition) is 1. The van der Waals surface area contributed by atoms with Crippen molar-refractivity contribution in [2.24, 2.45) is 0 Å². The number of rotatable bonds is 2. The van der Waals surface area contributed by atoms with Gasteiger partial charge in [0.25, 0.3) is 12.0 Å². The van der Waals surface area contributed by atoms with Crippen molar-refractivity contribution in [3.8, 4) is 0 Å². The summed E-state index contributed by atoms with van der Waals surface area (Å²) in [5, 5.41) is 0.448. The lowest BCUT2D eigenvalue weighted by Gasteiger charge is -2.03. The first-order valence-electron chi connectivity index (χ1n) is 3.32. The Morgan fingerprint density at radius 3 is 2.69 bits per heavy atom. The van der Waals surface area contributed by atoms with Crippen LogP contribution in [0.2, 0.25) is 0 Å². The Balaban J connectivity index is 3.29. The minimum Gasteiger partial charge on any atom is -0.324 e. The third-order valence-corrected chi connectivity index (χ3v) is 2.99. The lowest BCUT2D eigenvalue weighted by atomic mass is 10.2. The van der Waals surface area contributed by atoms with Gasteiger partial charge in [0.05, 0.1) is 5.56 Å². The Morgan fingerprint density at radius 2 is 2.23 bits per heavy atom. The molecule has 13 heavy (non-hydrogen) atoms. The highest BCUT2D eigenvalue weighted by molar-refractivity contribution is 14.1. The van der Waals surface area contributed by atoms with Crippen molar-refractivity contribution >= 4 is 38.5 Å². The molecule has 0 amide bonds. The standard InChI is InChI=1S/C7H5BrF2INO/c8-2-5-4(11)1-3(6(9)10)7(13)12-5/h1,6H,2H2,(H,12,13). The summed E-state index contributed by atoms with van der Waals surface area (Å²) in [6.45, 7) is 0. The largest absolute Gasteiger partial charge is 0.324 e. The van der Waals surface area contributed by atoms with E-state index in [0.29, 0.717) is 14.6 Å². The highest BCUT2D eigenvalue weighted by Crippen LogP contribution is 2.19. The van der Waals surface area contributed by atoms with Crippen LogP contribution < -0.4 is 5.56 Å². The van der Waals surface area contributed by atoms with E-state index in [-0.39, 0.29) is 0 Å². The molecule has 0 aliphatic heterocycles. The van der Waals surface area contributed by atoms with Crippen LogP contribution in [-0.2, 0) is 5.33 Å². The number of aromatic amines is 1. The van der Waals surface area contributed by atoms with Crippen LogP contribution in [0, 0.1) is 3.57 Å². The van der Waals surface area contributed by atoms with E-state index in [1.54, 1.807) is 0 Å². The smallest absolute Gasteiger partial charge is 0.269 e. The van der Waals surface area contributed by atoms with Gasteiger partial charge in [-0.1, -0.05) is 15.9 Å². The van der Waals surface area contributed by atoms with Crippen molar-refractivity contribution in [2.45, 2.75) is 11.8 Å². The molecule has 0 radical (unpaired) electrons. The Kier molecular flexibility index (Phi) is 3.84. The molecule has 6 heteroatoms. The molecule has 0 saturated heterocycles. The highest BCUT2D eigenvalue weighted by atomic mass is 127. The molecular formula is C7H5BrF2INO. The fourth-order valence-electron chi connectivity index (χ4n) is 0.817. The normalized spacial score (nSPS) is 10.8. The predicted octanol–water partition coefficient (Wildman–Crippen LogP) is 2.81. The van der Waals surface area contributed by atoms with Gasteiger partial charge in [0.1, 0.15) is 0 Å². The molecule has 1 aromatic heterocycles. The van der Waals surface area contributed by atoms with E-state index in [2.05, 4.69) is 20.9 Å². The number of pyridine rings is 1. The number of alkyl halides is 3. The molecule has 0 aliphatic rings. The van der Waals surface area contributed by atoms with Crippen LogP contribution in [0.5, 0.6) is 0 Å². The quantitative estimate of drug-likeness (QED) is 0.636. The second-order valence-corrected chi connectivity index (χ2v) is 4.04.